The highest BCUT2D eigenvalue weighted by atomic mass is 16.5. The highest BCUT2D eigenvalue weighted by Crippen LogP contribution is 2.29. The van der Waals surface area contributed by atoms with Gasteiger partial charge in [-0.25, -0.2) is 9.59 Å². The Labute approximate surface area is 115 Å². The van der Waals surface area contributed by atoms with E-state index in [9.17, 15) is 14.7 Å². The summed E-state index contributed by atoms with van der Waals surface area (Å²) in [6.07, 6.45) is 0.952. The van der Waals surface area contributed by atoms with Crippen molar-refractivity contribution in [1.29, 1.82) is 0 Å². The van der Waals surface area contributed by atoms with Gasteiger partial charge in [-0.05, 0) is 12.1 Å². The van der Waals surface area contributed by atoms with E-state index in [2.05, 4.69) is 14.8 Å². The average molecular weight is 281 g/mol. The molecule has 0 amide bonds. The summed E-state index contributed by atoms with van der Waals surface area (Å²) in [5.41, 5.74) is 0.257. The molecule has 1 aromatic carbocycles. The fourth-order valence-electron chi connectivity index (χ4n) is 1.36. The molecule has 0 aliphatic carbocycles. The van der Waals surface area contributed by atoms with Gasteiger partial charge >= 0.3 is 11.9 Å². The number of carbonyl (C=O) groups excluding carboxylic acids is 2. The topological polar surface area (TPSA) is 94.1 Å². The third-order valence-electron chi connectivity index (χ3n) is 2.33. The predicted molar refractivity (Wildman–Crippen MR) is 70.4 cm³/mol. The first-order valence-electron chi connectivity index (χ1n) is 5.53. The van der Waals surface area contributed by atoms with Gasteiger partial charge < -0.3 is 24.6 Å². The van der Waals surface area contributed by atoms with E-state index in [1.54, 1.807) is 6.07 Å². The molecular weight excluding hydrogens is 266 g/mol. The van der Waals surface area contributed by atoms with Crippen molar-refractivity contribution in [1.82, 2.24) is 0 Å². The second-order valence-electron chi connectivity index (χ2n) is 3.58. The molecule has 7 nitrogen and oxygen atoms in total. The van der Waals surface area contributed by atoms with E-state index in [0.717, 1.165) is 6.08 Å². The zero-order valence-corrected chi connectivity index (χ0v) is 11.3. The minimum Gasteiger partial charge on any atom is -0.504 e. The van der Waals surface area contributed by atoms with E-state index in [4.69, 9.17) is 4.74 Å². The third-order valence-corrected chi connectivity index (χ3v) is 2.33. The van der Waals surface area contributed by atoms with Gasteiger partial charge in [0.2, 0.25) is 0 Å². The van der Waals surface area contributed by atoms with Crippen LogP contribution in [-0.2, 0) is 19.1 Å². The maximum Gasteiger partial charge on any atom is 0.354 e. The lowest BCUT2D eigenvalue weighted by Gasteiger charge is -2.10. The lowest BCUT2D eigenvalue weighted by Crippen LogP contribution is -2.15. The number of carbonyl (C=O) groups is 2. The molecule has 0 radical (unpaired) electrons. The Morgan fingerprint density at radius 1 is 1.20 bits per heavy atom. The van der Waals surface area contributed by atoms with Crippen LogP contribution in [0.4, 0.5) is 5.69 Å². The average Bonchev–Trinajstić information content (AvgIpc) is 2.45. The molecular formula is C13H15NO6. The zero-order valence-electron chi connectivity index (χ0n) is 11.3. The molecule has 1 aromatic rings. The van der Waals surface area contributed by atoms with E-state index in [-0.39, 0.29) is 17.2 Å². The van der Waals surface area contributed by atoms with E-state index in [0.29, 0.717) is 5.69 Å². The summed E-state index contributed by atoms with van der Waals surface area (Å²) < 4.78 is 13.9. The molecule has 1 rings (SSSR count). The van der Waals surface area contributed by atoms with Crippen LogP contribution in [0.5, 0.6) is 11.5 Å². The molecule has 2 N–H and O–H groups in total. The Morgan fingerprint density at radius 2 is 1.90 bits per heavy atom. The summed E-state index contributed by atoms with van der Waals surface area (Å²) >= 11 is 0. The lowest BCUT2D eigenvalue weighted by atomic mass is 10.2. The van der Waals surface area contributed by atoms with Gasteiger partial charge in [-0.15, -0.1) is 0 Å². The first-order valence-corrected chi connectivity index (χ1v) is 5.53. The standard InChI is InChI=1S/C13H15NO6/c1-18-11-5-4-8(6-10(11)15)14-9(13(17)20-3)7-12(16)19-2/h4-7,14-15H,1-3H3/b9-7+. The van der Waals surface area contributed by atoms with Gasteiger partial charge in [0.05, 0.1) is 27.4 Å². The first-order chi connectivity index (χ1) is 9.51. The van der Waals surface area contributed by atoms with Gasteiger partial charge in [0.15, 0.2) is 11.5 Å². The summed E-state index contributed by atoms with van der Waals surface area (Å²) in [7, 11) is 3.78. The van der Waals surface area contributed by atoms with Crippen molar-refractivity contribution in [2.75, 3.05) is 26.6 Å². The lowest BCUT2D eigenvalue weighted by molar-refractivity contribution is -0.138. The monoisotopic (exact) mass is 281 g/mol. The smallest absolute Gasteiger partial charge is 0.354 e. The minimum atomic E-state index is -0.745. The normalized spacial score (nSPS) is 10.7. The number of aromatic hydroxyl groups is 1. The van der Waals surface area contributed by atoms with Crippen molar-refractivity contribution >= 4 is 17.6 Å². The van der Waals surface area contributed by atoms with Gasteiger partial charge in [0, 0.05) is 11.8 Å². The minimum absolute atomic E-state index is 0.111. The van der Waals surface area contributed by atoms with Crippen LogP contribution >= 0.6 is 0 Å². The van der Waals surface area contributed by atoms with Crippen LogP contribution in [0.15, 0.2) is 30.0 Å². The molecule has 0 aliphatic rings. The summed E-state index contributed by atoms with van der Waals surface area (Å²) in [5.74, 6) is -1.28. The van der Waals surface area contributed by atoms with Gasteiger partial charge in [-0.2, -0.15) is 0 Å². The SMILES string of the molecule is COC(=O)/C=C(/Nc1ccc(OC)c(O)c1)C(=O)OC. The van der Waals surface area contributed by atoms with Crippen LogP contribution in [0.1, 0.15) is 0 Å². The number of esters is 2. The van der Waals surface area contributed by atoms with Gasteiger partial charge in [0.25, 0.3) is 0 Å². The molecule has 0 aromatic heterocycles. The van der Waals surface area contributed by atoms with Crippen molar-refractivity contribution in [2.24, 2.45) is 0 Å². The van der Waals surface area contributed by atoms with Gasteiger partial charge in [0.1, 0.15) is 5.70 Å². The Kier molecular flexibility index (Phi) is 5.40. The predicted octanol–water partition coefficient (Wildman–Crippen LogP) is 1.04. The second-order valence-corrected chi connectivity index (χ2v) is 3.58. The maximum atomic E-state index is 11.5. The van der Waals surface area contributed by atoms with Crippen molar-refractivity contribution in [3.05, 3.63) is 30.0 Å². The summed E-state index contributed by atoms with van der Waals surface area (Å²) in [5, 5.41) is 12.3. The summed E-state index contributed by atoms with van der Waals surface area (Å²) in [4.78, 5) is 22.7. The number of methoxy groups -OCH3 is 3. The second kappa shape index (κ2) is 7.03. The highest BCUT2D eigenvalue weighted by molar-refractivity contribution is 5.98. The Morgan fingerprint density at radius 3 is 2.40 bits per heavy atom. The number of phenolic OH excluding ortho intramolecular Hbond substituents is 1. The van der Waals surface area contributed by atoms with E-state index in [1.807, 2.05) is 0 Å². The molecule has 0 saturated heterocycles. The van der Waals surface area contributed by atoms with E-state index in [1.165, 1.54) is 33.5 Å². The van der Waals surface area contributed by atoms with Crippen molar-refractivity contribution in [2.45, 2.75) is 0 Å². The molecule has 0 aliphatic heterocycles. The molecule has 0 spiro atoms. The number of nitrogens with one attached hydrogen (secondary N) is 1. The summed E-state index contributed by atoms with van der Waals surface area (Å²) in [6.45, 7) is 0. The fraction of sp³-hybridized carbons (Fsp3) is 0.231. The van der Waals surface area contributed by atoms with Crippen LogP contribution < -0.4 is 10.1 Å². The number of benzene rings is 1. The number of phenols is 1. The molecule has 0 saturated carbocycles. The molecule has 0 bridgehead atoms. The van der Waals surface area contributed by atoms with E-state index < -0.39 is 11.9 Å². The van der Waals surface area contributed by atoms with Crippen LogP contribution in [0.25, 0.3) is 0 Å². The fourth-order valence-corrected chi connectivity index (χ4v) is 1.36. The number of ether oxygens (including phenoxy) is 3. The largest absolute Gasteiger partial charge is 0.504 e. The summed E-state index contributed by atoms with van der Waals surface area (Å²) in [6, 6.07) is 4.41. The number of anilines is 1. The van der Waals surface area contributed by atoms with Gasteiger partial charge in [-0.1, -0.05) is 0 Å². The van der Waals surface area contributed by atoms with Gasteiger partial charge in [-0.3, -0.25) is 0 Å². The zero-order chi connectivity index (χ0) is 15.1. The van der Waals surface area contributed by atoms with Crippen LogP contribution in [0.2, 0.25) is 0 Å². The third kappa shape index (κ3) is 3.91. The molecule has 0 fully saturated rings. The van der Waals surface area contributed by atoms with Crippen molar-refractivity contribution < 1.29 is 28.9 Å². The number of hydrogen-bond donors (Lipinski definition) is 2. The molecule has 0 heterocycles. The quantitative estimate of drug-likeness (QED) is 0.615. The molecule has 0 atom stereocenters. The molecule has 20 heavy (non-hydrogen) atoms. The first kappa shape index (κ1) is 15.4. The molecule has 0 unspecified atom stereocenters. The number of hydrogen-bond acceptors (Lipinski definition) is 7. The van der Waals surface area contributed by atoms with Crippen LogP contribution in [-0.4, -0.2) is 38.4 Å². The number of rotatable bonds is 5. The Balaban J connectivity index is 3.01. The van der Waals surface area contributed by atoms with Crippen LogP contribution in [0, 0.1) is 0 Å². The van der Waals surface area contributed by atoms with Crippen molar-refractivity contribution in [3.63, 3.8) is 0 Å². The van der Waals surface area contributed by atoms with Crippen molar-refractivity contribution in [3.8, 4) is 11.5 Å². The molecule has 108 valence electrons. The molecule has 7 heteroatoms. The van der Waals surface area contributed by atoms with E-state index >= 15 is 0 Å². The maximum absolute atomic E-state index is 11.5. The highest BCUT2D eigenvalue weighted by Gasteiger charge is 2.13. The Bertz CT molecular complexity index is 538. The Hall–Kier alpha value is -2.70. The van der Waals surface area contributed by atoms with Crippen LogP contribution in [0.3, 0.4) is 0 Å².